The predicted molar refractivity (Wildman–Crippen MR) is 53.2 cm³/mol. The number of nitrogens with zero attached hydrogens (tertiary/aromatic N) is 1. The standard InChI is InChI=1S/C6H6BrNS2/c1-4(8-9)6-2-5(7)3-10-6/h2-3,9H,1H3. The third-order valence-electron chi connectivity index (χ3n) is 1.07. The van der Waals surface area contributed by atoms with Crippen LogP contribution in [-0.2, 0) is 0 Å². The normalized spacial score (nSPS) is 12.1. The van der Waals surface area contributed by atoms with Gasteiger partial charge in [0, 0.05) is 9.85 Å². The third-order valence-corrected chi connectivity index (χ3v) is 3.17. The Morgan fingerprint density at radius 1 is 1.80 bits per heavy atom. The molecule has 0 saturated heterocycles. The Bertz CT molecular complexity index is 254. The summed E-state index contributed by atoms with van der Waals surface area (Å²) >= 11 is 8.83. The number of halogens is 1. The van der Waals surface area contributed by atoms with E-state index >= 15 is 0 Å². The minimum atomic E-state index is 0.957. The quantitative estimate of drug-likeness (QED) is 0.568. The molecule has 0 radical (unpaired) electrons. The largest absolute Gasteiger partial charge is 0.223 e. The van der Waals surface area contributed by atoms with Gasteiger partial charge in [-0.1, -0.05) is 0 Å². The van der Waals surface area contributed by atoms with Gasteiger partial charge in [-0.05, 0) is 41.7 Å². The first kappa shape index (κ1) is 8.30. The van der Waals surface area contributed by atoms with E-state index in [2.05, 4.69) is 33.1 Å². The van der Waals surface area contributed by atoms with Crippen LogP contribution in [0.25, 0.3) is 0 Å². The zero-order valence-electron chi connectivity index (χ0n) is 5.34. The minimum absolute atomic E-state index is 0.957. The predicted octanol–water partition coefficient (Wildman–Crippen LogP) is 3.16. The van der Waals surface area contributed by atoms with Crippen molar-refractivity contribution in [3.05, 3.63) is 20.8 Å². The number of thiol groups is 1. The first-order chi connectivity index (χ1) is 4.74. The maximum absolute atomic E-state index is 3.82. The van der Waals surface area contributed by atoms with Crippen LogP contribution in [0.4, 0.5) is 0 Å². The van der Waals surface area contributed by atoms with Crippen LogP contribution in [-0.4, -0.2) is 5.71 Å². The van der Waals surface area contributed by atoms with E-state index in [-0.39, 0.29) is 0 Å². The van der Waals surface area contributed by atoms with Crippen LogP contribution in [0.3, 0.4) is 0 Å². The molecule has 0 N–H and O–H groups in total. The second kappa shape index (κ2) is 3.55. The summed E-state index contributed by atoms with van der Waals surface area (Å²) in [5, 5.41) is 2.03. The van der Waals surface area contributed by atoms with E-state index in [1.54, 1.807) is 11.3 Å². The summed E-state index contributed by atoms with van der Waals surface area (Å²) in [7, 11) is 0. The van der Waals surface area contributed by atoms with Crippen molar-refractivity contribution >= 4 is 45.8 Å². The topological polar surface area (TPSA) is 12.4 Å². The van der Waals surface area contributed by atoms with Crippen LogP contribution in [0.5, 0.6) is 0 Å². The smallest absolute Gasteiger partial charge is 0.0625 e. The van der Waals surface area contributed by atoms with Gasteiger partial charge < -0.3 is 0 Å². The molecule has 1 aromatic heterocycles. The molecule has 54 valence electrons. The summed E-state index contributed by atoms with van der Waals surface area (Å²) in [5.74, 6) is 0. The van der Waals surface area contributed by atoms with Gasteiger partial charge in [0.25, 0.3) is 0 Å². The summed E-state index contributed by atoms with van der Waals surface area (Å²) in [5.41, 5.74) is 0.957. The summed E-state index contributed by atoms with van der Waals surface area (Å²) < 4.78 is 4.87. The van der Waals surface area contributed by atoms with Gasteiger partial charge in [0.05, 0.1) is 10.6 Å². The zero-order chi connectivity index (χ0) is 7.56. The molecule has 0 aromatic carbocycles. The molecular formula is C6H6BrNS2. The van der Waals surface area contributed by atoms with E-state index in [0.29, 0.717) is 0 Å². The van der Waals surface area contributed by atoms with Crippen LogP contribution in [0.15, 0.2) is 20.3 Å². The Morgan fingerprint density at radius 2 is 2.50 bits per heavy atom. The van der Waals surface area contributed by atoms with Crippen LogP contribution < -0.4 is 0 Å². The van der Waals surface area contributed by atoms with Crippen molar-refractivity contribution in [3.63, 3.8) is 0 Å². The highest BCUT2D eigenvalue weighted by Gasteiger charge is 1.98. The van der Waals surface area contributed by atoms with Crippen LogP contribution in [0.2, 0.25) is 0 Å². The van der Waals surface area contributed by atoms with Crippen LogP contribution >= 0.6 is 40.1 Å². The average molecular weight is 236 g/mol. The van der Waals surface area contributed by atoms with Crippen molar-refractivity contribution in [2.24, 2.45) is 4.40 Å². The Kier molecular flexibility index (Phi) is 2.95. The van der Waals surface area contributed by atoms with Crippen molar-refractivity contribution in [1.82, 2.24) is 0 Å². The van der Waals surface area contributed by atoms with E-state index < -0.39 is 0 Å². The van der Waals surface area contributed by atoms with Gasteiger partial charge in [-0.25, -0.2) is 4.40 Å². The van der Waals surface area contributed by atoms with Gasteiger partial charge >= 0.3 is 0 Å². The first-order valence-corrected chi connectivity index (χ1v) is 4.74. The van der Waals surface area contributed by atoms with E-state index in [1.165, 1.54) is 0 Å². The lowest BCUT2D eigenvalue weighted by atomic mass is 10.3. The molecule has 0 amide bonds. The summed E-state index contributed by atoms with van der Waals surface area (Å²) in [6.45, 7) is 1.94. The lowest BCUT2D eigenvalue weighted by Crippen LogP contribution is -1.85. The molecule has 0 atom stereocenters. The van der Waals surface area contributed by atoms with Gasteiger partial charge in [0.1, 0.15) is 0 Å². The van der Waals surface area contributed by atoms with Crippen molar-refractivity contribution < 1.29 is 0 Å². The second-order valence-corrected chi connectivity index (χ2v) is 3.84. The summed E-state index contributed by atoms with van der Waals surface area (Å²) in [4.78, 5) is 1.15. The molecule has 0 aliphatic heterocycles. The van der Waals surface area contributed by atoms with Crippen LogP contribution in [0, 0.1) is 0 Å². The van der Waals surface area contributed by atoms with Gasteiger partial charge in [-0.3, -0.25) is 0 Å². The van der Waals surface area contributed by atoms with Crippen molar-refractivity contribution in [3.8, 4) is 0 Å². The first-order valence-electron chi connectivity index (χ1n) is 2.67. The monoisotopic (exact) mass is 235 g/mol. The molecule has 10 heavy (non-hydrogen) atoms. The van der Waals surface area contributed by atoms with Gasteiger partial charge in [-0.15, -0.1) is 11.3 Å². The minimum Gasteiger partial charge on any atom is -0.223 e. The van der Waals surface area contributed by atoms with Crippen LogP contribution in [0.1, 0.15) is 11.8 Å². The van der Waals surface area contributed by atoms with Crippen molar-refractivity contribution in [2.75, 3.05) is 0 Å². The lowest BCUT2D eigenvalue weighted by molar-refractivity contribution is 1.73. The van der Waals surface area contributed by atoms with Gasteiger partial charge in [0.15, 0.2) is 0 Å². The Labute approximate surface area is 77.9 Å². The fraction of sp³-hybridized carbons (Fsp3) is 0.167. The van der Waals surface area contributed by atoms with Crippen molar-refractivity contribution in [1.29, 1.82) is 0 Å². The zero-order valence-corrected chi connectivity index (χ0v) is 8.63. The second-order valence-electron chi connectivity index (χ2n) is 1.81. The molecule has 0 bridgehead atoms. The van der Waals surface area contributed by atoms with Crippen molar-refractivity contribution in [2.45, 2.75) is 6.92 Å². The fourth-order valence-corrected chi connectivity index (χ4v) is 2.11. The Morgan fingerprint density at radius 3 is 2.90 bits per heavy atom. The van der Waals surface area contributed by atoms with Gasteiger partial charge in [0.2, 0.25) is 0 Å². The maximum Gasteiger partial charge on any atom is 0.0625 e. The highest BCUT2D eigenvalue weighted by Crippen LogP contribution is 2.20. The molecule has 0 aliphatic carbocycles. The molecule has 1 nitrogen and oxygen atoms in total. The molecule has 0 spiro atoms. The van der Waals surface area contributed by atoms with E-state index in [4.69, 9.17) is 0 Å². The highest BCUT2D eigenvalue weighted by atomic mass is 79.9. The molecule has 1 aromatic rings. The average Bonchev–Trinajstić information content (AvgIpc) is 2.34. The third kappa shape index (κ3) is 1.84. The Hall–Kier alpha value is 0.200. The van der Waals surface area contributed by atoms with E-state index in [9.17, 15) is 0 Å². The molecule has 4 heteroatoms. The molecule has 0 fully saturated rings. The fourth-order valence-electron chi connectivity index (χ4n) is 0.552. The number of thiophene rings is 1. The lowest BCUT2D eigenvalue weighted by Gasteiger charge is -1.88. The van der Waals surface area contributed by atoms with Gasteiger partial charge in [-0.2, -0.15) is 0 Å². The molecule has 1 heterocycles. The van der Waals surface area contributed by atoms with E-state index in [1.807, 2.05) is 18.4 Å². The number of rotatable bonds is 1. The summed E-state index contributed by atoms with van der Waals surface area (Å²) in [6.07, 6.45) is 0. The maximum atomic E-state index is 3.82. The molecular weight excluding hydrogens is 230 g/mol. The molecule has 0 aliphatic rings. The van der Waals surface area contributed by atoms with E-state index in [0.717, 1.165) is 15.1 Å². The molecule has 0 unspecified atom stereocenters. The Balaban J connectivity index is 2.95. The molecule has 1 rings (SSSR count). The number of hydrogen-bond donors (Lipinski definition) is 1. The number of hydrogen-bond acceptors (Lipinski definition) is 3. The SMILES string of the molecule is CC(=NS)c1cc(Br)cs1. The molecule has 0 saturated carbocycles. The highest BCUT2D eigenvalue weighted by molar-refractivity contribution is 9.10. The summed E-state index contributed by atoms with van der Waals surface area (Å²) in [6, 6.07) is 2.03.